The van der Waals surface area contributed by atoms with E-state index in [2.05, 4.69) is 25.3 Å². The monoisotopic (exact) mass is 339 g/mol. The van der Waals surface area contributed by atoms with Crippen molar-refractivity contribution in [1.29, 1.82) is 0 Å². The van der Waals surface area contributed by atoms with E-state index in [4.69, 9.17) is 0 Å². The molecule has 1 unspecified atom stereocenters. The Morgan fingerprint density at radius 2 is 2.28 bits per heavy atom. The highest BCUT2D eigenvalue weighted by Gasteiger charge is 2.31. The lowest BCUT2D eigenvalue weighted by molar-refractivity contribution is 0.0599. The molecule has 4 heterocycles. The third kappa shape index (κ3) is 2.67. The minimum atomic E-state index is -0.0581. The fourth-order valence-corrected chi connectivity index (χ4v) is 3.53. The number of aromatic amines is 1. The molecule has 4 rings (SSSR count). The van der Waals surface area contributed by atoms with Crippen molar-refractivity contribution in [3.63, 3.8) is 0 Å². The van der Waals surface area contributed by atoms with E-state index in [1.165, 1.54) is 6.33 Å². The fourth-order valence-electron chi connectivity index (χ4n) is 3.53. The summed E-state index contributed by atoms with van der Waals surface area (Å²) in [6.45, 7) is 5.38. The van der Waals surface area contributed by atoms with Gasteiger partial charge in [-0.25, -0.2) is 14.6 Å². The Morgan fingerprint density at radius 3 is 3.04 bits per heavy atom. The molecule has 1 aliphatic heterocycles. The number of H-pyrrole nitrogens is 1. The molecule has 0 spiro atoms. The Labute approximate surface area is 145 Å². The van der Waals surface area contributed by atoms with Crippen molar-refractivity contribution >= 4 is 16.9 Å². The van der Waals surface area contributed by atoms with Gasteiger partial charge in [0.1, 0.15) is 12.2 Å². The van der Waals surface area contributed by atoms with E-state index in [0.717, 1.165) is 54.9 Å². The molecule has 0 saturated carbocycles. The van der Waals surface area contributed by atoms with Gasteiger partial charge in [0.2, 0.25) is 0 Å². The molecule has 0 aliphatic carbocycles. The highest BCUT2D eigenvalue weighted by Crippen LogP contribution is 2.30. The van der Waals surface area contributed by atoms with E-state index in [1.807, 2.05) is 29.5 Å². The first-order valence-corrected chi connectivity index (χ1v) is 8.68. The Balaban J connectivity index is 1.71. The molecule has 3 aromatic rings. The number of hydrogen-bond acceptors (Lipinski definition) is 5. The van der Waals surface area contributed by atoms with Gasteiger partial charge in [-0.2, -0.15) is 10.2 Å². The molecule has 3 aromatic heterocycles. The highest BCUT2D eigenvalue weighted by atomic mass is 16.2. The first-order chi connectivity index (χ1) is 12.2. The van der Waals surface area contributed by atoms with E-state index in [-0.39, 0.29) is 11.9 Å². The van der Waals surface area contributed by atoms with E-state index in [9.17, 15) is 4.79 Å². The van der Waals surface area contributed by atoms with Gasteiger partial charge in [0.15, 0.2) is 5.65 Å². The summed E-state index contributed by atoms with van der Waals surface area (Å²) in [5.41, 5.74) is 2.19. The van der Waals surface area contributed by atoms with Crippen LogP contribution in [0.1, 0.15) is 54.1 Å². The lowest BCUT2D eigenvalue weighted by Gasteiger charge is -2.34. The molecule has 25 heavy (non-hydrogen) atoms. The van der Waals surface area contributed by atoms with Crippen molar-refractivity contribution in [2.24, 2.45) is 0 Å². The lowest BCUT2D eigenvalue weighted by Crippen LogP contribution is -2.39. The number of likely N-dealkylation sites (tertiary alicyclic amines) is 1. The largest absolute Gasteiger partial charge is 0.328 e. The third-order valence-electron chi connectivity index (χ3n) is 4.85. The molecule has 130 valence electrons. The van der Waals surface area contributed by atoms with Gasteiger partial charge < -0.3 is 4.90 Å². The summed E-state index contributed by atoms with van der Waals surface area (Å²) < 4.78 is 1.84. The van der Waals surface area contributed by atoms with Crippen molar-refractivity contribution in [1.82, 2.24) is 34.8 Å². The van der Waals surface area contributed by atoms with Crippen LogP contribution in [-0.4, -0.2) is 47.3 Å². The topological polar surface area (TPSA) is 92.6 Å². The Morgan fingerprint density at radius 1 is 1.40 bits per heavy atom. The summed E-state index contributed by atoms with van der Waals surface area (Å²) in [6.07, 6.45) is 6.23. The molecule has 1 amide bonds. The zero-order chi connectivity index (χ0) is 17.4. The number of fused-ring (bicyclic) bond motifs is 1. The van der Waals surface area contributed by atoms with Gasteiger partial charge in [0, 0.05) is 18.5 Å². The molecule has 1 atom stereocenters. The maximum absolute atomic E-state index is 13.2. The zero-order valence-electron chi connectivity index (χ0n) is 14.4. The van der Waals surface area contributed by atoms with Crippen LogP contribution in [0, 0.1) is 6.92 Å². The summed E-state index contributed by atoms with van der Waals surface area (Å²) >= 11 is 0. The van der Waals surface area contributed by atoms with E-state index >= 15 is 0 Å². The van der Waals surface area contributed by atoms with Crippen LogP contribution in [0.5, 0.6) is 0 Å². The molecule has 1 saturated heterocycles. The van der Waals surface area contributed by atoms with Crippen molar-refractivity contribution in [3.05, 3.63) is 35.7 Å². The average molecular weight is 339 g/mol. The normalized spacial score (nSPS) is 18.0. The molecule has 8 nitrogen and oxygen atoms in total. The number of carbonyl (C=O) groups excluding carboxylic acids is 1. The highest BCUT2D eigenvalue weighted by molar-refractivity contribution is 5.98. The van der Waals surface area contributed by atoms with E-state index < -0.39 is 0 Å². The fraction of sp³-hybridized carbons (Fsp3) is 0.471. The predicted molar refractivity (Wildman–Crippen MR) is 92.0 cm³/mol. The second kappa shape index (κ2) is 6.27. The summed E-state index contributed by atoms with van der Waals surface area (Å²) in [4.78, 5) is 24.0. The van der Waals surface area contributed by atoms with Crippen LogP contribution in [0.2, 0.25) is 0 Å². The van der Waals surface area contributed by atoms with E-state index in [0.29, 0.717) is 5.56 Å². The van der Waals surface area contributed by atoms with E-state index in [1.54, 1.807) is 6.20 Å². The van der Waals surface area contributed by atoms with Gasteiger partial charge >= 0.3 is 0 Å². The van der Waals surface area contributed by atoms with Crippen molar-refractivity contribution < 1.29 is 4.79 Å². The van der Waals surface area contributed by atoms with Gasteiger partial charge in [-0.3, -0.25) is 9.89 Å². The van der Waals surface area contributed by atoms with Crippen LogP contribution < -0.4 is 0 Å². The lowest BCUT2D eigenvalue weighted by atomic mass is 9.99. The number of pyridine rings is 1. The average Bonchev–Trinajstić information content (AvgIpc) is 3.30. The quantitative estimate of drug-likeness (QED) is 0.790. The molecular weight excluding hydrogens is 318 g/mol. The summed E-state index contributed by atoms with van der Waals surface area (Å²) in [5.74, 6) is 0.746. The zero-order valence-corrected chi connectivity index (χ0v) is 14.4. The summed E-state index contributed by atoms with van der Waals surface area (Å²) in [7, 11) is 0. The molecule has 1 N–H and O–H groups in total. The number of aryl methyl sites for hydroxylation is 2. The molecule has 0 radical (unpaired) electrons. The minimum absolute atomic E-state index is 0.00255. The maximum atomic E-state index is 13.2. The number of amides is 1. The number of rotatable bonds is 3. The molecule has 0 bridgehead atoms. The first-order valence-electron chi connectivity index (χ1n) is 8.68. The van der Waals surface area contributed by atoms with Crippen LogP contribution in [0.15, 0.2) is 18.6 Å². The number of piperidine rings is 1. The Hall–Kier alpha value is -2.77. The van der Waals surface area contributed by atoms with Gasteiger partial charge in [-0.1, -0.05) is 0 Å². The smallest absolute Gasteiger partial charge is 0.256 e. The summed E-state index contributed by atoms with van der Waals surface area (Å²) in [6, 6.07) is 1.85. The second-order valence-electron chi connectivity index (χ2n) is 6.38. The molecule has 8 heteroatoms. The predicted octanol–water partition coefficient (Wildman–Crippen LogP) is 2.25. The Bertz CT molecular complexity index is 899. The van der Waals surface area contributed by atoms with Crippen LogP contribution in [0.4, 0.5) is 0 Å². The SMILES string of the molecule is CCn1ncc2cc(C(=O)N3CCCCC3c3ncn[nH]3)c(C)nc21. The van der Waals surface area contributed by atoms with Crippen LogP contribution >= 0.6 is 0 Å². The third-order valence-corrected chi connectivity index (χ3v) is 4.85. The minimum Gasteiger partial charge on any atom is -0.328 e. The van der Waals surface area contributed by atoms with Gasteiger partial charge in [-0.05, 0) is 39.2 Å². The molecule has 0 aromatic carbocycles. The van der Waals surface area contributed by atoms with Crippen LogP contribution in [0.3, 0.4) is 0 Å². The number of nitrogens with zero attached hydrogens (tertiary/aromatic N) is 6. The number of nitrogens with one attached hydrogen (secondary N) is 1. The number of aromatic nitrogens is 6. The molecule has 1 aliphatic rings. The standard InChI is InChI=1S/C17H21N7O/c1-3-24-16-12(9-20-24)8-13(11(2)21-16)17(25)23-7-5-4-6-14(23)15-18-10-19-22-15/h8-10,14H,3-7H2,1-2H3,(H,18,19,22). The van der Waals surface area contributed by atoms with Crippen LogP contribution in [-0.2, 0) is 6.54 Å². The maximum Gasteiger partial charge on any atom is 0.256 e. The van der Waals surface area contributed by atoms with Crippen LogP contribution in [0.25, 0.3) is 11.0 Å². The van der Waals surface area contributed by atoms with Crippen molar-refractivity contribution in [2.45, 2.75) is 45.7 Å². The Kier molecular flexibility index (Phi) is 3.95. The van der Waals surface area contributed by atoms with Gasteiger partial charge in [0.05, 0.1) is 23.5 Å². The molecule has 1 fully saturated rings. The first kappa shape index (κ1) is 15.7. The number of hydrogen-bond donors (Lipinski definition) is 1. The summed E-state index contributed by atoms with van der Waals surface area (Å²) in [5, 5.41) is 12.1. The number of carbonyl (C=O) groups is 1. The van der Waals surface area contributed by atoms with Gasteiger partial charge in [-0.15, -0.1) is 0 Å². The molecular formula is C17H21N7O. The van der Waals surface area contributed by atoms with Gasteiger partial charge in [0.25, 0.3) is 5.91 Å². The van der Waals surface area contributed by atoms with Crippen molar-refractivity contribution in [3.8, 4) is 0 Å². The van der Waals surface area contributed by atoms with Crippen molar-refractivity contribution in [2.75, 3.05) is 6.54 Å². The second-order valence-corrected chi connectivity index (χ2v) is 6.38.